The topological polar surface area (TPSA) is 39.2 Å². The summed E-state index contributed by atoms with van der Waals surface area (Å²) in [5.41, 5.74) is 2.19. The van der Waals surface area contributed by atoms with Crippen LogP contribution in [0.1, 0.15) is 11.1 Å². The zero-order valence-corrected chi connectivity index (χ0v) is 11.5. The fraction of sp³-hybridized carbons (Fsp3) is 0.200. The number of thioether (sulfide) groups is 1. The van der Waals surface area contributed by atoms with Gasteiger partial charge in [0.25, 0.3) is 0 Å². The number of carbonyl (C=O) groups is 1. The number of methoxy groups -OCH3 is 1. The SMILES string of the molecule is COC(=O)Cc1ccccc1CSc1ccncc1. The van der Waals surface area contributed by atoms with Crippen LogP contribution in [0.3, 0.4) is 0 Å². The van der Waals surface area contributed by atoms with Gasteiger partial charge in [-0.15, -0.1) is 11.8 Å². The highest BCUT2D eigenvalue weighted by Gasteiger charge is 2.07. The van der Waals surface area contributed by atoms with Crippen molar-refractivity contribution in [2.45, 2.75) is 17.1 Å². The number of benzene rings is 1. The molecule has 0 N–H and O–H groups in total. The van der Waals surface area contributed by atoms with Gasteiger partial charge < -0.3 is 4.74 Å². The molecule has 0 amide bonds. The highest BCUT2D eigenvalue weighted by Crippen LogP contribution is 2.24. The first-order chi connectivity index (χ1) is 9.29. The van der Waals surface area contributed by atoms with Crippen molar-refractivity contribution in [2.75, 3.05) is 7.11 Å². The van der Waals surface area contributed by atoms with Gasteiger partial charge in [-0.3, -0.25) is 9.78 Å². The van der Waals surface area contributed by atoms with E-state index in [-0.39, 0.29) is 5.97 Å². The molecule has 0 fully saturated rings. The maximum atomic E-state index is 11.4. The Labute approximate surface area is 117 Å². The van der Waals surface area contributed by atoms with E-state index in [9.17, 15) is 4.79 Å². The predicted octanol–water partition coefficient (Wildman–Crippen LogP) is 3.09. The summed E-state index contributed by atoms with van der Waals surface area (Å²) in [5, 5.41) is 0. The predicted molar refractivity (Wildman–Crippen MR) is 76.0 cm³/mol. The monoisotopic (exact) mass is 273 g/mol. The molecule has 0 radical (unpaired) electrons. The highest BCUT2D eigenvalue weighted by atomic mass is 32.2. The molecule has 0 saturated heterocycles. The Morgan fingerprint density at radius 1 is 1.16 bits per heavy atom. The molecule has 0 bridgehead atoms. The lowest BCUT2D eigenvalue weighted by atomic mass is 10.1. The Balaban J connectivity index is 2.05. The number of pyridine rings is 1. The van der Waals surface area contributed by atoms with Crippen molar-refractivity contribution in [1.29, 1.82) is 0 Å². The van der Waals surface area contributed by atoms with Crippen molar-refractivity contribution >= 4 is 17.7 Å². The van der Waals surface area contributed by atoms with Crippen LogP contribution >= 0.6 is 11.8 Å². The van der Waals surface area contributed by atoms with E-state index in [1.165, 1.54) is 12.0 Å². The Morgan fingerprint density at radius 3 is 2.53 bits per heavy atom. The smallest absolute Gasteiger partial charge is 0.309 e. The van der Waals surface area contributed by atoms with Crippen LogP contribution < -0.4 is 0 Å². The van der Waals surface area contributed by atoms with Crippen LogP contribution in [0.5, 0.6) is 0 Å². The zero-order chi connectivity index (χ0) is 13.5. The van der Waals surface area contributed by atoms with E-state index in [2.05, 4.69) is 4.98 Å². The van der Waals surface area contributed by atoms with Gasteiger partial charge in [0.15, 0.2) is 0 Å². The van der Waals surface area contributed by atoms with Gasteiger partial charge in [0, 0.05) is 23.0 Å². The van der Waals surface area contributed by atoms with E-state index < -0.39 is 0 Å². The summed E-state index contributed by atoms with van der Waals surface area (Å²) < 4.78 is 4.72. The van der Waals surface area contributed by atoms with Gasteiger partial charge >= 0.3 is 5.97 Å². The molecule has 0 unspecified atom stereocenters. The van der Waals surface area contributed by atoms with Gasteiger partial charge in [0.2, 0.25) is 0 Å². The Kier molecular flexibility index (Phi) is 4.98. The molecular weight excluding hydrogens is 258 g/mol. The molecule has 1 aromatic heterocycles. The lowest BCUT2D eigenvalue weighted by molar-refractivity contribution is -0.139. The van der Waals surface area contributed by atoms with Gasteiger partial charge in [-0.05, 0) is 23.3 Å². The standard InChI is InChI=1S/C15H15NO2S/c1-18-15(17)10-12-4-2-3-5-13(12)11-19-14-6-8-16-9-7-14/h2-9H,10-11H2,1H3. The maximum Gasteiger partial charge on any atom is 0.309 e. The quantitative estimate of drug-likeness (QED) is 0.620. The molecule has 19 heavy (non-hydrogen) atoms. The average Bonchev–Trinajstić information content (AvgIpc) is 2.47. The van der Waals surface area contributed by atoms with E-state index in [1.807, 2.05) is 36.4 Å². The van der Waals surface area contributed by atoms with Crippen molar-refractivity contribution in [3.8, 4) is 0 Å². The first kappa shape index (κ1) is 13.6. The summed E-state index contributed by atoms with van der Waals surface area (Å²) in [5.74, 6) is 0.623. The summed E-state index contributed by atoms with van der Waals surface area (Å²) in [6, 6.07) is 11.9. The van der Waals surface area contributed by atoms with Crippen LogP contribution in [0.4, 0.5) is 0 Å². The Hall–Kier alpha value is -1.81. The Morgan fingerprint density at radius 2 is 1.84 bits per heavy atom. The number of ether oxygens (including phenoxy) is 1. The molecule has 0 saturated carbocycles. The van der Waals surface area contributed by atoms with Crippen molar-refractivity contribution in [1.82, 2.24) is 4.98 Å². The maximum absolute atomic E-state index is 11.4. The molecule has 0 aliphatic carbocycles. The van der Waals surface area contributed by atoms with E-state index in [4.69, 9.17) is 4.74 Å². The van der Waals surface area contributed by atoms with E-state index in [1.54, 1.807) is 24.2 Å². The Bertz CT molecular complexity index is 543. The molecule has 3 nitrogen and oxygen atoms in total. The minimum absolute atomic E-state index is 0.207. The molecule has 4 heteroatoms. The van der Waals surface area contributed by atoms with Crippen LogP contribution in [-0.4, -0.2) is 18.1 Å². The molecule has 0 aliphatic heterocycles. The summed E-state index contributed by atoms with van der Waals surface area (Å²) in [7, 11) is 1.41. The number of carbonyl (C=O) groups excluding carboxylic acids is 1. The van der Waals surface area contributed by atoms with Crippen molar-refractivity contribution in [3.05, 3.63) is 59.9 Å². The molecular formula is C15H15NO2S. The summed E-state index contributed by atoms with van der Waals surface area (Å²) in [6.07, 6.45) is 3.88. The summed E-state index contributed by atoms with van der Waals surface area (Å²) in [6.45, 7) is 0. The average molecular weight is 273 g/mol. The van der Waals surface area contributed by atoms with Crippen LogP contribution in [0.15, 0.2) is 53.7 Å². The lowest BCUT2D eigenvalue weighted by Gasteiger charge is -2.08. The van der Waals surface area contributed by atoms with Crippen LogP contribution in [0, 0.1) is 0 Å². The molecule has 1 heterocycles. The van der Waals surface area contributed by atoms with E-state index in [0.717, 1.165) is 16.9 Å². The van der Waals surface area contributed by atoms with Crippen LogP contribution in [0.2, 0.25) is 0 Å². The van der Waals surface area contributed by atoms with Crippen molar-refractivity contribution < 1.29 is 9.53 Å². The molecule has 1 aromatic carbocycles. The largest absolute Gasteiger partial charge is 0.469 e. The number of nitrogens with zero attached hydrogens (tertiary/aromatic N) is 1. The third kappa shape index (κ3) is 4.10. The lowest BCUT2D eigenvalue weighted by Crippen LogP contribution is -2.06. The van der Waals surface area contributed by atoms with Gasteiger partial charge in [-0.25, -0.2) is 0 Å². The van der Waals surface area contributed by atoms with E-state index in [0.29, 0.717) is 6.42 Å². The zero-order valence-electron chi connectivity index (χ0n) is 10.7. The number of aromatic nitrogens is 1. The summed E-state index contributed by atoms with van der Waals surface area (Å²) in [4.78, 5) is 16.5. The van der Waals surface area contributed by atoms with Gasteiger partial charge in [-0.2, -0.15) is 0 Å². The minimum atomic E-state index is -0.207. The molecule has 98 valence electrons. The first-order valence-corrected chi connectivity index (χ1v) is 6.94. The molecule has 0 atom stereocenters. The van der Waals surface area contributed by atoms with Gasteiger partial charge in [-0.1, -0.05) is 24.3 Å². The second-order valence-corrected chi connectivity index (χ2v) is 5.04. The van der Waals surface area contributed by atoms with Crippen molar-refractivity contribution in [2.24, 2.45) is 0 Å². The molecule has 0 aliphatic rings. The highest BCUT2D eigenvalue weighted by molar-refractivity contribution is 7.98. The van der Waals surface area contributed by atoms with Gasteiger partial charge in [0.1, 0.15) is 0 Å². The number of esters is 1. The third-order valence-electron chi connectivity index (χ3n) is 2.72. The first-order valence-electron chi connectivity index (χ1n) is 5.96. The number of hydrogen-bond acceptors (Lipinski definition) is 4. The second-order valence-electron chi connectivity index (χ2n) is 3.99. The summed E-state index contributed by atoms with van der Waals surface area (Å²) >= 11 is 1.73. The normalized spacial score (nSPS) is 10.2. The van der Waals surface area contributed by atoms with Crippen LogP contribution in [-0.2, 0) is 21.7 Å². The van der Waals surface area contributed by atoms with E-state index >= 15 is 0 Å². The second kappa shape index (κ2) is 6.95. The molecule has 2 aromatic rings. The molecule has 0 spiro atoms. The minimum Gasteiger partial charge on any atom is -0.469 e. The fourth-order valence-electron chi connectivity index (χ4n) is 1.69. The third-order valence-corrected chi connectivity index (χ3v) is 3.79. The number of rotatable bonds is 5. The van der Waals surface area contributed by atoms with Crippen molar-refractivity contribution in [3.63, 3.8) is 0 Å². The van der Waals surface area contributed by atoms with Crippen LogP contribution in [0.25, 0.3) is 0 Å². The number of hydrogen-bond donors (Lipinski definition) is 0. The fourth-order valence-corrected chi connectivity index (χ4v) is 2.61. The van der Waals surface area contributed by atoms with Gasteiger partial charge in [0.05, 0.1) is 13.5 Å². The molecule has 2 rings (SSSR count).